The number of likely N-dealkylation sites (N-methyl/N-ethyl adjacent to an activating group) is 1. The van der Waals surface area contributed by atoms with Crippen LogP contribution in [0.4, 0.5) is 0 Å². The molecule has 4 heterocycles. The second-order valence-corrected chi connectivity index (χ2v) is 9.25. The van der Waals surface area contributed by atoms with Crippen LogP contribution in [0.1, 0.15) is 50.2 Å². The Morgan fingerprint density at radius 2 is 2.07 bits per heavy atom. The molecule has 5 rings (SSSR count). The number of hydrogen-bond donors (Lipinski definition) is 0. The minimum atomic E-state index is -0.625. The minimum absolute atomic E-state index is 0.0347. The molecule has 30 heavy (non-hydrogen) atoms. The number of aryl methyl sites for hydroxylation is 1. The molecular weight excluding hydrogens is 384 g/mol. The number of aromatic nitrogens is 2. The van der Waals surface area contributed by atoms with Gasteiger partial charge in [-0.1, -0.05) is 43.0 Å². The molecule has 0 aromatic carbocycles. The second-order valence-electron chi connectivity index (χ2n) is 9.25. The first-order chi connectivity index (χ1) is 14.5. The maximum Gasteiger partial charge on any atom is 0.230 e. The van der Waals surface area contributed by atoms with Crippen molar-refractivity contribution in [2.24, 2.45) is 11.8 Å². The number of carbonyl (C=O) groups is 2. The van der Waals surface area contributed by atoms with E-state index in [2.05, 4.69) is 10.1 Å². The fraction of sp³-hybridized carbons (Fsp3) is 0.727. The highest BCUT2D eigenvalue weighted by atomic mass is 16.5. The van der Waals surface area contributed by atoms with Crippen molar-refractivity contribution < 1.29 is 18.8 Å². The van der Waals surface area contributed by atoms with E-state index in [0.717, 1.165) is 12.8 Å². The van der Waals surface area contributed by atoms with Crippen LogP contribution < -0.4 is 0 Å². The fourth-order valence-electron chi connectivity index (χ4n) is 5.76. The van der Waals surface area contributed by atoms with Crippen molar-refractivity contribution in [2.75, 3.05) is 20.1 Å². The fourth-order valence-corrected chi connectivity index (χ4v) is 5.76. The van der Waals surface area contributed by atoms with Gasteiger partial charge in [-0.2, -0.15) is 4.98 Å². The molecule has 1 aromatic rings. The van der Waals surface area contributed by atoms with Crippen LogP contribution in [0.3, 0.4) is 0 Å². The Bertz CT molecular complexity index is 859. The van der Waals surface area contributed by atoms with Gasteiger partial charge in [-0.15, -0.1) is 0 Å². The Morgan fingerprint density at radius 1 is 1.30 bits per heavy atom. The van der Waals surface area contributed by atoms with Gasteiger partial charge in [-0.3, -0.25) is 9.59 Å². The van der Waals surface area contributed by atoms with E-state index in [4.69, 9.17) is 9.26 Å². The molecule has 4 atom stereocenters. The van der Waals surface area contributed by atoms with Crippen LogP contribution in [-0.4, -0.2) is 69.6 Å². The molecule has 2 bridgehead atoms. The molecule has 0 unspecified atom stereocenters. The van der Waals surface area contributed by atoms with Crippen molar-refractivity contribution >= 4 is 11.8 Å². The molecule has 8 heteroatoms. The van der Waals surface area contributed by atoms with Crippen molar-refractivity contribution in [1.82, 2.24) is 19.9 Å². The zero-order valence-corrected chi connectivity index (χ0v) is 17.7. The van der Waals surface area contributed by atoms with Crippen LogP contribution in [0.5, 0.6) is 0 Å². The lowest BCUT2D eigenvalue weighted by molar-refractivity contribution is -0.143. The van der Waals surface area contributed by atoms with Gasteiger partial charge in [0.2, 0.25) is 17.7 Å². The smallest absolute Gasteiger partial charge is 0.230 e. The number of hydrogen-bond acceptors (Lipinski definition) is 6. The van der Waals surface area contributed by atoms with Gasteiger partial charge < -0.3 is 19.1 Å². The molecule has 0 N–H and O–H groups in total. The topological polar surface area (TPSA) is 88.8 Å². The molecule has 3 fully saturated rings. The first kappa shape index (κ1) is 19.7. The summed E-state index contributed by atoms with van der Waals surface area (Å²) in [6.07, 6.45) is 11.2. The van der Waals surface area contributed by atoms with Gasteiger partial charge in [0.05, 0.1) is 24.5 Å². The predicted octanol–water partition coefficient (Wildman–Crippen LogP) is 1.88. The summed E-state index contributed by atoms with van der Waals surface area (Å²) >= 11 is 0. The largest absolute Gasteiger partial charge is 0.360 e. The number of ether oxygens (including phenoxy) is 1. The lowest BCUT2D eigenvalue weighted by Gasteiger charge is -2.30. The number of carbonyl (C=O) groups excluding carboxylic acids is 2. The maximum absolute atomic E-state index is 13.5. The minimum Gasteiger partial charge on any atom is -0.360 e. The molecule has 162 valence electrons. The van der Waals surface area contributed by atoms with Crippen LogP contribution in [0.25, 0.3) is 0 Å². The van der Waals surface area contributed by atoms with Crippen LogP contribution in [0.15, 0.2) is 16.7 Å². The van der Waals surface area contributed by atoms with Gasteiger partial charge in [0, 0.05) is 33.0 Å². The van der Waals surface area contributed by atoms with Gasteiger partial charge in [-0.05, 0) is 12.8 Å². The normalized spacial score (nSPS) is 33.2. The predicted molar refractivity (Wildman–Crippen MR) is 107 cm³/mol. The monoisotopic (exact) mass is 414 g/mol. The molecule has 2 amide bonds. The number of amides is 2. The van der Waals surface area contributed by atoms with Crippen molar-refractivity contribution in [1.29, 1.82) is 0 Å². The van der Waals surface area contributed by atoms with E-state index in [0.29, 0.717) is 31.2 Å². The average molecular weight is 415 g/mol. The quantitative estimate of drug-likeness (QED) is 0.540. The molecule has 3 aliphatic heterocycles. The summed E-state index contributed by atoms with van der Waals surface area (Å²) in [5, 5.41) is 3.90. The standard InChI is InChI=1S/C22H30N4O4/c1-14-23-17(24-30-14)10-12-25(2)20(27)18-16-9-11-22(29-16)13-26(21(28)19(18)22)15-7-5-3-4-6-8-15/h9,11,15-16,18-19H,3-8,10,12-13H2,1-2H3/t16-,18-,19+,22-/m0/s1. The first-order valence-electron chi connectivity index (χ1n) is 11.2. The van der Waals surface area contributed by atoms with Gasteiger partial charge in [0.15, 0.2) is 5.82 Å². The summed E-state index contributed by atoms with van der Waals surface area (Å²) in [7, 11) is 1.78. The highest BCUT2D eigenvalue weighted by Gasteiger charge is 2.67. The third-order valence-corrected chi connectivity index (χ3v) is 7.30. The van der Waals surface area contributed by atoms with E-state index in [1.54, 1.807) is 18.9 Å². The number of fused-ring (bicyclic) bond motifs is 1. The summed E-state index contributed by atoms with van der Waals surface area (Å²) in [4.78, 5) is 34.8. The third kappa shape index (κ3) is 3.16. The van der Waals surface area contributed by atoms with E-state index in [1.807, 2.05) is 17.1 Å². The molecule has 1 aliphatic carbocycles. The van der Waals surface area contributed by atoms with E-state index in [-0.39, 0.29) is 24.0 Å². The van der Waals surface area contributed by atoms with Crippen molar-refractivity contribution in [3.8, 4) is 0 Å². The average Bonchev–Trinajstić information content (AvgIpc) is 3.43. The highest BCUT2D eigenvalue weighted by molar-refractivity contribution is 5.93. The summed E-state index contributed by atoms with van der Waals surface area (Å²) < 4.78 is 11.3. The van der Waals surface area contributed by atoms with Gasteiger partial charge in [0.25, 0.3) is 0 Å². The highest BCUT2D eigenvalue weighted by Crippen LogP contribution is 2.53. The van der Waals surface area contributed by atoms with Crippen molar-refractivity contribution in [3.63, 3.8) is 0 Å². The van der Waals surface area contributed by atoms with Crippen molar-refractivity contribution in [3.05, 3.63) is 23.9 Å². The molecule has 8 nitrogen and oxygen atoms in total. The van der Waals surface area contributed by atoms with Crippen molar-refractivity contribution in [2.45, 2.75) is 69.6 Å². The Kier molecular flexibility index (Phi) is 4.92. The summed E-state index contributed by atoms with van der Waals surface area (Å²) in [6.45, 7) is 2.81. The van der Waals surface area contributed by atoms with E-state index in [1.165, 1.54) is 25.7 Å². The van der Waals surface area contributed by atoms with Gasteiger partial charge >= 0.3 is 0 Å². The zero-order chi connectivity index (χ0) is 20.9. The Labute approximate surface area is 176 Å². The Balaban J connectivity index is 1.31. The lowest BCUT2D eigenvalue weighted by atomic mass is 9.76. The molecule has 4 aliphatic rings. The van der Waals surface area contributed by atoms with Crippen LogP contribution >= 0.6 is 0 Å². The van der Waals surface area contributed by atoms with Crippen LogP contribution in [0.2, 0.25) is 0 Å². The molecular formula is C22H30N4O4. The van der Waals surface area contributed by atoms with E-state index >= 15 is 0 Å². The summed E-state index contributed by atoms with van der Waals surface area (Å²) in [5.41, 5.74) is -0.625. The lowest BCUT2D eigenvalue weighted by Crippen LogP contribution is -2.46. The molecule has 1 aromatic heterocycles. The van der Waals surface area contributed by atoms with Gasteiger partial charge in [0.1, 0.15) is 5.60 Å². The van der Waals surface area contributed by atoms with Crippen LogP contribution in [-0.2, 0) is 20.7 Å². The second kappa shape index (κ2) is 7.48. The summed E-state index contributed by atoms with van der Waals surface area (Å²) in [5.74, 6) is 0.321. The zero-order valence-electron chi connectivity index (χ0n) is 17.7. The SMILES string of the molecule is Cc1nc(CCN(C)C(=O)[C@H]2[C@@H]3C=C[C@@]4(CN(C5CCCCCC5)C(=O)[C@@H]24)O3)no1. The molecule has 1 saturated carbocycles. The summed E-state index contributed by atoms with van der Waals surface area (Å²) in [6, 6.07) is 0.283. The molecule has 0 radical (unpaired) electrons. The molecule has 1 spiro atoms. The van der Waals surface area contributed by atoms with Gasteiger partial charge in [-0.25, -0.2) is 0 Å². The Morgan fingerprint density at radius 3 is 2.77 bits per heavy atom. The number of likely N-dealkylation sites (tertiary alicyclic amines) is 1. The first-order valence-corrected chi connectivity index (χ1v) is 11.2. The number of rotatable bonds is 5. The molecule has 2 saturated heterocycles. The third-order valence-electron chi connectivity index (χ3n) is 7.30. The van der Waals surface area contributed by atoms with E-state index in [9.17, 15) is 9.59 Å². The Hall–Kier alpha value is -2.22. The maximum atomic E-state index is 13.5. The number of nitrogens with zero attached hydrogens (tertiary/aromatic N) is 4. The van der Waals surface area contributed by atoms with Crippen LogP contribution in [0, 0.1) is 18.8 Å². The van der Waals surface area contributed by atoms with E-state index < -0.39 is 17.4 Å².